The summed E-state index contributed by atoms with van der Waals surface area (Å²) in [4.78, 5) is 21.2. The fourth-order valence-electron chi connectivity index (χ4n) is 2.05. The smallest absolute Gasteiger partial charge is 0.308 e. The Kier molecular flexibility index (Phi) is 3.12. The molecule has 1 aromatic heterocycles. The summed E-state index contributed by atoms with van der Waals surface area (Å²) in [7, 11) is 1.54. The SMILES string of the molecule is COc1ccnc(N2CC(C)C(C(=O)O)C2)n1. The molecule has 2 heterocycles. The van der Waals surface area contributed by atoms with Crippen molar-refractivity contribution in [2.24, 2.45) is 11.8 Å². The van der Waals surface area contributed by atoms with Gasteiger partial charge in [-0.25, -0.2) is 4.98 Å². The van der Waals surface area contributed by atoms with Crippen LogP contribution in [0.3, 0.4) is 0 Å². The number of ether oxygens (including phenoxy) is 1. The van der Waals surface area contributed by atoms with Crippen molar-refractivity contribution in [1.82, 2.24) is 9.97 Å². The van der Waals surface area contributed by atoms with Gasteiger partial charge in [-0.1, -0.05) is 6.92 Å². The highest BCUT2D eigenvalue weighted by molar-refractivity contribution is 5.72. The summed E-state index contributed by atoms with van der Waals surface area (Å²) >= 11 is 0. The first-order valence-electron chi connectivity index (χ1n) is 5.46. The van der Waals surface area contributed by atoms with Gasteiger partial charge in [0, 0.05) is 25.4 Å². The van der Waals surface area contributed by atoms with Crippen molar-refractivity contribution in [2.75, 3.05) is 25.1 Å². The minimum absolute atomic E-state index is 0.0994. The molecule has 6 nitrogen and oxygen atoms in total. The molecular formula is C11H15N3O3. The Morgan fingerprint density at radius 2 is 2.35 bits per heavy atom. The lowest BCUT2D eigenvalue weighted by Gasteiger charge is -2.15. The van der Waals surface area contributed by atoms with Crippen LogP contribution < -0.4 is 9.64 Å². The van der Waals surface area contributed by atoms with Crippen molar-refractivity contribution in [1.29, 1.82) is 0 Å². The van der Waals surface area contributed by atoms with Crippen molar-refractivity contribution < 1.29 is 14.6 Å². The molecule has 1 aliphatic heterocycles. The summed E-state index contributed by atoms with van der Waals surface area (Å²) in [5, 5.41) is 9.06. The van der Waals surface area contributed by atoms with Crippen LogP contribution in [0.2, 0.25) is 0 Å². The molecule has 1 fully saturated rings. The monoisotopic (exact) mass is 237 g/mol. The Hall–Kier alpha value is -1.85. The highest BCUT2D eigenvalue weighted by atomic mass is 16.5. The Balaban J connectivity index is 2.16. The fraction of sp³-hybridized carbons (Fsp3) is 0.545. The summed E-state index contributed by atoms with van der Waals surface area (Å²) in [6.45, 7) is 3.03. The molecular weight excluding hydrogens is 222 g/mol. The molecule has 1 aliphatic rings. The highest BCUT2D eigenvalue weighted by Gasteiger charge is 2.35. The fourth-order valence-corrected chi connectivity index (χ4v) is 2.05. The number of hydrogen-bond donors (Lipinski definition) is 1. The van der Waals surface area contributed by atoms with Gasteiger partial charge in [0.25, 0.3) is 0 Å². The maximum atomic E-state index is 11.0. The van der Waals surface area contributed by atoms with E-state index in [-0.39, 0.29) is 11.8 Å². The Morgan fingerprint density at radius 1 is 1.59 bits per heavy atom. The average molecular weight is 237 g/mol. The lowest BCUT2D eigenvalue weighted by atomic mass is 9.99. The quantitative estimate of drug-likeness (QED) is 0.831. The molecule has 0 spiro atoms. The first kappa shape index (κ1) is 11.6. The molecule has 17 heavy (non-hydrogen) atoms. The van der Waals surface area contributed by atoms with Gasteiger partial charge in [0.1, 0.15) is 0 Å². The van der Waals surface area contributed by atoms with Crippen molar-refractivity contribution in [3.05, 3.63) is 12.3 Å². The summed E-state index contributed by atoms with van der Waals surface area (Å²) < 4.78 is 5.02. The number of carboxylic acid groups (broad SMARTS) is 1. The van der Waals surface area contributed by atoms with Gasteiger partial charge in [-0.05, 0) is 5.92 Å². The second kappa shape index (κ2) is 4.57. The van der Waals surface area contributed by atoms with E-state index in [1.54, 1.807) is 19.4 Å². The van der Waals surface area contributed by atoms with E-state index in [1.165, 1.54) is 0 Å². The zero-order valence-electron chi connectivity index (χ0n) is 9.83. The number of methoxy groups -OCH3 is 1. The first-order chi connectivity index (χ1) is 8.11. The van der Waals surface area contributed by atoms with Gasteiger partial charge in [0.2, 0.25) is 11.8 Å². The number of carbonyl (C=O) groups is 1. The highest BCUT2D eigenvalue weighted by Crippen LogP contribution is 2.26. The largest absolute Gasteiger partial charge is 0.481 e. The van der Waals surface area contributed by atoms with Gasteiger partial charge in [0.15, 0.2) is 0 Å². The molecule has 2 atom stereocenters. The Bertz CT molecular complexity index is 424. The van der Waals surface area contributed by atoms with Gasteiger partial charge in [-0.2, -0.15) is 4.98 Å². The third kappa shape index (κ3) is 2.30. The Labute approximate surface area is 99.2 Å². The predicted octanol–water partition coefficient (Wildman–Crippen LogP) is 0.642. The Morgan fingerprint density at radius 3 is 2.94 bits per heavy atom. The van der Waals surface area contributed by atoms with Crippen LogP contribution in [-0.2, 0) is 4.79 Å². The van der Waals surface area contributed by atoms with Crippen molar-refractivity contribution in [2.45, 2.75) is 6.92 Å². The molecule has 0 bridgehead atoms. The van der Waals surface area contributed by atoms with E-state index in [0.29, 0.717) is 24.9 Å². The van der Waals surface area contributed by atoms with E-state index >= 15 is 0 Å². The molecule has 1 aromatic rings. The summed E-state index contributed by atoms with van der Waals surface area (Å²) in [6, 6.07) is 1.66. The van der Waals surface area contributed by atoms with Gasteiger partial charge in [-0.15, -0.1) is 0 Å². The minimum atomic E-state index is -0.761. The molecule has 1 saturated heterocycles. The van der Waals surface area contributed by atoms with Crippen LogP contribution in [0, 0.1) is 11.8 Å². The molecule has 0 amide bonds. The standard InChI is InChI=1S/C11H15N3O3/c1-7-5-14(6-8(7)10(15)16)11-12-4-3-9(13-11)17-2/h3-4,7-8H,5-6H2,1-2H3,(H,15,16). The topological polar surface area (TPSA) is 75.5 Å². The lowest BCUT2D eigenvalue weighted by Crippen LogP contribution is -2.24. The zero-order chi connectivity index (χ0) is 12.4. The van der Waals surface area contributed by atoms with Crippen LogP contribution in [-0.4, -0.2) is 41.2 Å². The summed E-state index contributed by atoms with van der Waals surface area (Å²) in [6.07, 6.45) is 1.61. The van der Waals surface area contributed by atoms with E-state index in [2.05, 4.69) is 9.97 Å². The molecule has 0 saturated carbocycles. The van der Waals surface area contributed by atoms with Crippen LogP contribution in [0.4, 0.5) is 5.95 Å². The third-order valence-electron chi connectivity index (χ3n) is 3.04. The van der Waals surface area contributed by atoms with Crippen molar-refractivity contribution in [3.8, 4) is 5.88 Å². The molecule has 2 unspecified atom stereocenters. The number of aromatic nitrogens is 2. The van der Waals surface area contributed by atoms with Crippen LogP contribution in [0.15, 0.2) is 12.3 Å². The molecule has 92 valence electrons. The van der Waals surface area contributed by atoms with Crippen LogP contribution in [0.5, 0.6) is 5.88 Å². The number of aliphatic carboxylic acids is 1. The van der Waals surface area contributed by atoms with Crippen molar-refractivity contribution in [3.63, 3.8) is 0 Å². The maximum Gasteiger partial charge on any atom is 0.308 e. The zero-order valence-corrected chi connectivity index (χ0v) is 9.83. The van der Waals surface area contributed by atoms with E-state index in [4.69, 9.17) is 9.84 Å². The van der Waals surface area contributed by atoms with Gasteiger partial charge in [-0.3, -0.25) is 4.79 Å². The van der Waals surface area contributed by atoms with Crippen molar-refractivity contribution >= 4 is 11.9 Å². The van der Waals surface area contributed by atoms with E-state index in [9.17, 15) is 4.79 Å². The molecule has 6 heteroatoms. The molecule has 2 rings (SSSR count). The van der Waals surface area contributed by atoms with Gasteiger partial charge >= 0.3 is 5.97 Å². The number of carboxylic acids is 1. The second-order valence-electron chi connectivity index (χ2n) is 4.23. The second-order valence-corrected chi connectivity index (χ2v) is 4.23. The van der Waals surface area contributed by atoms with Gasteiger partial charge in [0.05, 0.1) is 13.0 Å². The van der Waals surface area contributed by atoms with E-state index < -0.39 is 5.97 Å². The minimum Gasteiger partial charge on any atom is -0.481 e. The molecule has 1 N–H and O–H groups in total. The van der Waals surface area contributed by atoms with E-state index in [0.717, 1.165) is 0 Å². The summed E-state index contributed by atoms with van der Waals surface area (Å²) in [5.74, 6) is -0.00336. The maximum absolute atomic E-state index is 11.0. The van der Waals surface area contributed by atoms with Gasteiger partial charge < -0.3 is 14.7 Å². The average Bonchev–Trinajstić information content (AvgIpc) is 2.71. The number of rotatable bonds is 3. The lowest BCUT2D eigenvalue weighted by molar-refractivity contribution is -0.142. The van der Waals surface area contributed by atoms with Crippen LogP contribution >= 0.6 is 0 Å². The normalized spacial score (nSPS) is 23.8. The molecule has 0 aliphatic carbocycles. The third-order valence-corrected chi connectivity index (χ3v) is 3.04. The first-order valence-corrected chi connectivity index (χ1v) is 5.46. The number of hydrogen-bond acceptors (Lipinski definition) is 5. The van der Waals surface area contributed by atoms with Crippen LogP contribution in [0.25, 0.3) is 0 Å². The number of nitrogens with zero attached hydrogens (tertiary/aromatic N) is 3. The van der Waals surface area contributed by atoms with E-state index in [1.807, 2.05) is 11.8 Å². The predicted molar refractivity (Wildman–Crippen MR) is 61.1 cm³/mol. The number of anilines is 1. The summed E-state index contributed by atoms with van der Waals surface area (Å²) in [5.41, 5.74) is 0. The van der Waals surface area contributed by atoms with Crippen LogP contribution in [0.1, 0.15) is 6.92 Å². The molecule has 0 radical (unpaired) electrons. The molecule has 0 aromatic carbocycles.